The van der Waals surface area contributed by atoms with Gasteiger partial charge in [-0.25, -0.2) is 4.39 Å². The Kier molecular flexibility index (Phi) is 5.21. The van der Waals surface area contributed by atoms with Crippen LogP contribution in [0.15, 0.2) is 42.5 Å². The minimum atomic E-state index is -1.13. The molecule has 7 nitrogen and oxygen atoms in total. The maximum Gasteiger partial charge on any atom is 0.251 e. The van der Waals surface area contributed by atoms with Gasteiger partial charge in [0.2, 0.25) is 12.3 Å². The van der Waals surface area contributed by atoms with Crippen LogP contribution in [0.3, 0.4) is 0 Å². The predicted octanol–water partition coefficient (Wildman–Crippen LogP) is 3.82. The highest BCUT2D eigenvalue weighted by molar-refractivity contribution is 6.12. The average Bonchev–Trinajstić information content (AvgIpc) is 3.27. The maximum atomic E-state index is 13.2. The molecule has 3 unspecified atom stereocenters. The molecule has 5 rings (SSSR count). The van der Waals surface area contributed by atoms with Crippen molar-refractivity contribution in [2.45, 2.75) is 38.1 Å². The molecule has 1 aliphatic heterocycles. The number of carbonyl (C=O) groups is 3. The Morgan fingerprint density at radius 3 is 2.60 bits per heavy atom. The molecule has 4 N–H and O–H groups in total. The first kappa shape index (κ1) is 22.4. The Bertz CT molecular complexity index is 1450. The van der Waals surface area contributed by atoms with Crippen LogP contribution >= 0.6 is 0 Å². The summed E-state index contributed by atoms with van der Waals surface area (Å²) in [5, 5.41) is 8.53. The smallest absolute Gasteiger partial charge is 0.251 e. The minimum absolute atomic E-state index is 0.245. The summed E-state index contributed by atoms with van der Waals surface area (Å²) >= 11 is 0. The van der Waals surface area contributed by atoms with Gasteiger partial charge in [0.1, 0.15) is 5.82 Å². The van der Waals surface area contributed by atoms with Crippen LogP contribution in [0.4, 0.5) is 15.8 Å². The summed E-state index contributed by atoms with van der Waals surface area (Å²) in [6, 6.07) is 10.7. The zero-order valence-corrected chi connectivity index (χ0v) is 19.4. The van der Waals surface area contributed by atoms with Crippen LogP contribution in [0.5, 0.6) is 0 Å². The molecule has 3 atom stereocenters. The Balaban J connectivity index is 1.47. The van der Waals surface area contributed by atoms with Crippen molar-refractivity contribution in [3.8, 4) is 11.8 Å². The van der Waals surface area contributed by atoms with Crippen LogP contribution in [0, 0.1) is 31.5 Å². The number of H-pyrrole nitrogens is 1. The summed E-state index contributed by atoms with van der Waals surface area (Å²) in [5.74, 6) is 4.81. The second kappa shape index (κ2) is 8.13. The molecule has 2 aliphatic rings. The summed E-state index contributed by atoms with van der Waals surface area (Å²) < 4.78 is 13.2. The number of rotatable bonds is 6. The van der Waals surface area contributed by atoms with Gasteiger partial charge >= 0.3 is 0 Å². The van der Waals surface area contributed by atoms with Gasteiger partial charge in [0.15, 0.2) is 5.41 Å². The third-order valence-corrected chi connectivity index (χ3v) is 6.85. The zero-order valence-electron chi connectivity index (χ0n) is 19.4. The summed E-state index contributed by atoms with van der Waals surface area (Å²) in [4.78, 5) is 40.5. The van der Waals surface area contributed by atoms with Gasteiger partial charge < -0.3 is 20.9 Å². The molecular formula is C27H23FN4O3. The third-order valence-electron chi connectivity index (χ3n) is 6.85. The van der Waals surface area contributed by atoms with E-state index in [1.807, 2.05) is 20.8 Å². The fraction of sp³-hybridized carbons (Fsp3) is 0.222. The van der Waals surface area contributed by atoms with E-state index in [-0.39, 0.29) is 23.7 Å². The van der Waals surface area contributed by atoms with E-state index in [9.17, 15) is 18.8 Å². The molecule has 1 aliphatic carbocycles. The van der Waals surface area contributed by atoms with E-state index < -0.39 is 11.3 Å². The van der Waals surface area contributed by atoms with Crippen molar-refractivity contribution in [1.82, 2.24) is 10.3 Å². The summed E-state index contributed by atoms with van der Waals surface area (Å²) in [7, 11) is 0. The maximum absolute atomic E-state index is 13.2. The van der Waals surface area contributed by atoms with E-state index in [2.05, 4.69) is 32.8 Å². The topological polar surface area (TPSA) is 103 Å². The van der Waals surface area contributed by atoms with Crippen molar-refractivity contribution < 1.29 is 18.8 Å². The van der Waals surface area contributed by atoms with Crippen molar-refractivity contribution in [2.75, 3.05) is 10.6 Å². The van der Waals surface area contributed by atoms with Crippen LogP contribution in [-0.4, -0.2) is 23.2 Å². The number of anilines is 2. The number of aromatic nitrogens is 1. The summed E-state index contributed by atoms with van der Waals surface area (Å²) in [5.41, 5.74) is 4.31. The highest BCUT2D eigenvalue weighted by Gasteiger charge is 2.56. The Morgan fingerprint density at radius 2 is 1.94 bits per heavy atom. The second-order valence-corrected chi connectivity index (χ2v) is 8.90. The predicted molar refractivity (Wildman–Crippen MR) is 130 cm³/mol. The molecule has 0 saturated heterocycles. The number of aryl methyl sites for hydroxylation is 1. The summed E-state index contributed by atoms with van der Waals surface area (Å²) in [6.45, 7) is 5.53. The molecule has 1 aromatic heterocycles. The van der Waals surface area contributed by atoms with Crippen molar-refractivity contribution >= 4 is 29.6 Å². The van der Waals surface area contributed by atoms with Crippen LogP contribution in [0.2, 0.25) is 0 Å². The van der Waals surface area contributed by atoms with Gasteiger partial charge in [-0.05, 0) is 62.2 Å². The van der Waals surface area contributed by atoms with Crippen molar-refractivity contribution in [3.05, 3.63) is 81.9 Å². The van der Waals surface area contributed by atoms with Crippen molar-refractivity contribution in [1.29, 1.82) is 0 Å². The molecule has 0 fully saturated rings. The van der Waals surface area contributed by atoms with Crippen molar-refractivity contribution in [2.24, 2.45) is 0 Å². The Labute approximate surface area is 201 Å². The van der Waals surface area contributed by atoms with Gasteiger partial charge in [-0.15, -0.1) is 0 Å². The number of nitrogens with one attached hydrogen (secondary N) is 4. The van der Waals surface area contributed by atoms with Crippen LogP contribution in [0.25, 0.3) is 0 Å². The monoisotopic (exact) mass is 470 g/mol. The van der Waals surface area contributed by atoms with Crippen LogP contribution in [-0.2, 0) is 15.0 Å². The van der Waals surface area contributed by atoms with Crippen LogP contribution in [0.1, 0.15) is 57.3 Å². The standard InChI is InChI=1S/C27H23FN4O3/c1-14-23(29-13-33)16(3)30-24(14)20-10-11-27(20)21-12-18(6-9-22(21)32-26(27)35)25(34)31-15(2)17-4-7-19(28)8-5-17/h4-9,12-13,15,20,30H,1-3H3,(H,29,33)(H,31,34)(H,32,35). The Morgan fingerprint density at radius 1 is 1.20 bits per heavy atom. The highest BCUT2D eigenvalue weighted by Crippen LogP contribution is 2.52. The first-order chi connectivity index (χ1) is 16.8. The molecule has 3 amide bonds. The molecular weight excluding hydrogens is 447 g/mol. The van der Waals surface area contributed by atoms with E-state index in [4.69, 9.17) is 0 Å². The fourth-order valence-corrected chi connectivity index (χ4v) is 4.91. The number of aromatic amines is 1. The first-order valence-corrected chi connectivity index (χ1v) is 11.2. The lowest BCUT2D eigenvalue weighted by Gasteiger charge is -2.34. The van der Waals surface area contributed by atoms with Gasteiger partial charge in [-0.1, -0.05) is 24.0 Å². The molecule has 8 heteroatoms. The number of benzene rings is 2. The molecule has 3 aromatic rings. The van der Waals surface area contributed by atoms with Gasteiger partial charge in [-0.2, -0.15) is 0 Å². The van der Waals surface area contributed by atoms with E-state index in [0.29, 0.717) is 28.9 Å². The van der Waals surface area contributed by atoms with Gasteiger partial charge in [0, 0.05) is 28.2 Å². The van der Waals surface area contributed by atoms with Crippen LogP contribution < -0.4 is 16.0 Å². The van der Waals surface area contributed by atoms with E-state index in [1.165, 1.54) is 12.1 Å². The number of hydrogen-bond acceptors (Lipinski definition) is 3. The lowest BCUT2D eigenvalue weighted by Crippen LogP contribution is -2.44. The molecule has 0 saturated carbocycles. The van der Waals surface area contributed by atoms with E-state index in [0.717, 1.165) is 22.5 Å². The molecule has 35 heavy (non-hydrogen) atoms. The quantitative estimate of drug-likeness (QED) is 0.325. The molecule has 1 spiro atoms. The van der Waals surface area contributed by atoms with Crippen molar-refractivity contribution in [3.63, 3.8) is 0 Å². The number of carbonyl (C=O) groups excluding carboxylic acids is 3. The van der Waals surface area contributed by atoms with Gasteiger partial charge in [0.25, 0.3) is 5.91 Å². The lowest BCUT2D eigenvalue weighted by atomic mass is 9.64. The van der Waals surface area contributed by atoms with E-state index in [1.54, 1.807) is 30.3 Å². The largest absolute Gasteiger partial charge is 0.359 e. The number of fused-ring (bicyclic) bond motifs is 2. The number of halogens is 1. The SMILES string of the molecule is Cc1[nH]c(C2C#CC23C(=O)Nc2ccc(C(=O)NC(C)c4ccc(F)cc4)cc23)c(C)c1NC=O. The van der Waals surface area contributed by atoms with Gasteiger partial charge in [-0.3, -0.25) is 14.4 Å². The van der Waals surface area contributed by atoms with Gasteiger partial charge in [0.05, 0.1) is 17.6 Å². The lowest BCUT2D eigenvalue weighted by molar-refractivity contribution is -0.119. The van der Waals surface area contributed by atoms with E-state index >= 15 is 0 Å². The zero-order chi connectivity index (χ0) is 24.9. The highest BCUT2D eigenvalue weighted by atomic mass is 19.1. The second-order valence-electron chi connectivity index (χ2n) is 8.90. The minimum Gasteiger partial charge on any atom is -0.359 e. The average molecular weight is 471 g/mol. The molecule has 0 radical (unpaired) electrons. The first-order valence-electron chi connectivity index (χ1n) is 11.2. The number of amides is 3. The third kappa shape index (κ3) is 3.39. The normalized spacial score (nSPS) is 20.2. The summed E-state index contributed by atoms with van der Waals surface area (Å²) in [6.07, 6.45) is 0.616. The molecule has 0 bridgehead atoms. The fourth-order valence-electron chi connectivity index (χ4n) is 4.91. The Hall–Kier alpha value is -4.38. The molecule has 2 aromatic carbocycles. The molecule has 176 valence electrons. The molecule has 2 heterocycles. The number of hydrogen-bond donors (Lipinski definition) is 4.